The summed E-state index contributed by atoms with van der Waals surface area (Å²) in [6, 6.07) is 25.8. The Bertz CT molecular complexity index is 1390. The highest BCUT2D eigenvalue weighted by Crippen LogP contribution is 2.32. The van der Waals surface area contributed by atoms with Crippen LogP contribution >= 0.6 is 0 Å². The molecule has 0 aliphatic carbocycles. The molecule has 1 fully saturated rings. The summed E-state index contributed by atoms with van der Waals surface area (Å²) in [4.78, 5) is 47.2. The van der Waals surface area contributed by atoms with Crippen LogP contribution in [0.25, 0.3) is 0 Å². The van der Waals surface area contributed by atoms with Crippen molar-refractivity contribution in [2.24, 2.45) is 0 Å². The van der Waals surface area contributed by atoms with Gasteiger partial charge in [0.1, 0.15) is 37.9 Å². The molecule has 47 heavy (non-hydrogen) atoms. The number of ether oxygens (including phenoxy) is 3. The molecule has 0 saturated carbocycles. The Hall–Kier alpha value is -4.83. The highest BCUT2D eigenvalue weighted by atomic mass is 16.5. The molecule has 0 bridgehead atoms. The van der Waals surface area contributed by atoms with Gasteiger partial charge in [0.25, 0.3) is 0 Å². The first kappa shape index (κ1) is 35.0. The summed E-state index contributed by atoms with van der Waals surface area (Å²) in [5.41, 5.74) is 2.23. The van der Waals surface area contributed by atoms with Crippen molar-refractivity contribution in [3.8, 4) is 0 Å². The van der Waals surface area contributed by atoms with E-state index < -0.39 is 36.0 Å². The van der Waals surface area contributed by atoms with Crippen LogP contribution in [-0.4, -0.2) is 78.9 Å². The van der Waals surface area contributed by atoms with E-state index in [1.54, 1.807) is 0 Å². The number of benzene rings is 3. The number of nitrogens with zero attached hydrogens (tertiary/aromatic N) is 3. The van der Waals surface area contributed by atoms with Crippen molar-refractivity contribution in [2.75, 3.05) is 46.2 Å². The summed E-state index contributed by atoms with van der Waals surface area (Å²) in [6.45, 7) is 12.5. The molecule has 0 unspecified atom stereocenters. The Labute approximate surface area is 277 Å². The molecule has 3 aromatic carbocycles. The van der Waals surface area contributed by atoms with Crippen LogP contribution in [0.15, 0.2) is 129 Å². The number of rotatable bonds is 15. The second-order valence-corrected chi connectivity index (χ2v) is 11.0. The molecule has 0 radical (unpaired) electrons. The van der Waals surface area contributed by atoms with Crippen LogP contribution in [0.2, 0.25) is 0 Å². The van der Waals surface area contributed by atoms with Gasteiger partial charge in [-0.3, -0.25) is 14.7 Å². The molecular formula is C38H43N3O6. The zero-order chi connectivity index (χ0) is 33.4. The van der Waals surface area contributed by atoms with Crippen LogP contribution in [-0.2, 0) is 28.6 Å². The molecule has 3 atom stereocenters. The Morgan fingerprint density at radius 2 is 0.830 bits per heavy atom. The predicted octanol–water partition coefficient (Wildman–Crippen LogP) is 5.62. The first-order chi connectivity index (χ1) is 23.0. The average Bonchev–Trinajstić information content (AvgIpc) is 3.09. The van der Waals surface area contributed by atoms with Crippen molar-refractivity contribution in [2.45, 2.75) is 24.5 Å². The van der Waals surface area contributed by atoms with Crippen LogP contribution in [0, 0.1) is 0 Å². The monoisotopic (exact) mass is 637 g/mol. The van der Waals surface area contributed by atoms with E-state index in [9.17, 15) is 14.4 Å². The largest absolute Gasteiger partial charge is 0.460 e. The first-order valence-corrected chi connectivity index (χ1v) is 15.7. The Morgan fingerprint density at radius 3 is 1.13 bits per heavy atom. The number of esters is 3. The van der Waals surface area contributed by atoms with E-state index in [1.807, 2.05) is 106 Å². The van der Waals surface area contributed by atoms with E-state index >= 15 is 0 Å². The van der Waals surface area contributed by atoms with Crippen molar-refractivity contribution < 1.29 is 28.6 Å². The van der Waals surface area contributed by atoms with E-state index in [0.29, 0.717) is 25.1 Å². The van der Waals surface area contributed by atoms with Gasteiger partial charge >= 0.3 is 17.9 Å². The van der Waals surface area contributed by atoms with Gasteiger partial charge in [-0.05, 0) is 23.1 Å². The van der Waals surface area contributed by atoms with Gasteiger partial charge in [-0.15, -0.1) is 0 Å². The second kappa shape index (κ2) is 18.3. The van der Waals surface area contributed by atoms with E-state index in [2.05, 4.69) is 19.7 Å². The maximum absolute atomic E-state index is 13.9. The third kappa shape index (κ3) is 9.59. The van der Waals surface area contributed by atoms with E-state index in [4.69, 9.17) is 14.2 Å². The molecule has 0 spiro atoms. The van der Waals surface area contributed by atoms with Crippen molar-refractivity contribution in [1.82, 2.24) is 14.7 Å². The summed E-state index contributed by atoms with van der Waals surface area (Å²) in [6.07, 6.45) is 5.21. The lowest BCUT2D eigenvalue weighted by molar-refractivity contribution is -0.158. The van der Waals surface area contributed by atoms with Gasteiger partial charge in [0.2, 0.25) is 0 Å². The lowest BCUT2D eigenvalue weighted by Crippen LogP contribution is -2.54. The molecule has 0 amide bonds. The number of hydrogen-bond donors (Lipinski definition) is 0. The summed E-state index contributed by atoms with van der Waals surface area (Å²) < 4.78 is 16.9. The molecule has 4 rings (SSSR count). The van der Waals surface area contributed by atoms with Crippen molar-refractivity contribution in [3.05, 3.63) is 146 Å². The van der Waals surface area contributed by atoms with Crippen LogP contribution < -0.4 is 0 Å². The molecule has 246 valence electrons. The van der Waals surface area contributed by atoms with Crippen LogP contribution in [0.3, 0.4) is 0 Å². The maximum Gasteiger partial charge on any atom is 0.328 e. The van der Waals surface area contributed by atoms with Gasteiger partial charge in [0.05, 0.1) is 13.3 Å². The Balaban J connectivity index is 1.81. The minimum absolute atomic E-state index is 0.0322. The summed E-state index contributed by atoms with van der Waals surface area (Å²) in [5, 5.41) is 0. The molecule has 9 heteroatoms. The summed E-state index contributed by atoms with van der Waals surface area (Å²) >= 11 is 0. The van der Waals surface area contributed by atoms with E-state index in [-0.39, 0.29) is 33.2 Å². The summed E-state index contributed by atoms with van der Waals surface area (Å²) in [7, 11) is 0. The quantitative estimate of drug-likeness (QED) is 0.120. The molecule has 3 aromatic rings. The molecular weight excluding hydrogens is 594 g/mol. The molecule has 1 saturated heterocycles. The van der Waals surface area contributed by atoms with Gasteiger partial charge in [0, 0.05) is 13.1 Å². The lowest BCUT2D eigenvalue weighted by Gasteiger charge is -2.44. The highest BCUT2D eigenvalue weighted by molar-refractivity contribution is 5.79. The number of carbonyl (C=O) groups is 3. The fourth-order valence-electron chi connectivity index (χ4n) is 5.77. The van der Waals surface area contributed by atoms with Gasteiger partial charge in [0.15, 0.2) is 0 Å². The van der Waals surface area contributed by atoms with Crippen LogP contribution in [0.1, 0.15) is 41.2 Å². The molecule has 1 heterocycles. The molecule has 1 aliphatic rings. The summed E-state index contributed by atoms with van der Waals surface area (Å²) in [5.74, 6) is -1.32. The van der Waals surface area contributed by atoms with Crippen molar-refractivity contribution in [3.63, 3.8) is 0 Å². The van der Waals surface area contributed by atoms with Crippen LogP contribution in [0.4, 0.5) is 0 Å². The van der Waals surface area contributed by atoms with E-state index in [1.165, 1.54) is 18.2 Å². The van der Waals surface area contributed by atoms with Gasteiger partial charge in [-0.25, -0.2) is 14.4 Å². The van der Waals surface area contributed by atoms with Gasteiger partial charge in [-0.2, -0.15) is 0 Å². The smallest absolute Gasteiger partial charge is 0.328 e. The van der Waals surface area contributed by atoms with Crippen molar-refractivity contribution in [1.29, 1.82) is 0 Å². The van der Waals surface area contributed by atoms with E-state index in [0.717, 1.165) is 11.1 Å². The molecule has 0 N–H and O–H groups in total. The predicted molar refractivity (Wildman–Crippen MR) is 181 cm³/mol. The molecule has 9 nitrogen and oxygen atoms in total. The highest BCUT2D eigenvalue weighted by Gasteiger charge is 2.39. The topological polar surface area (TPSA) is 88.6 Å². The SMILES string of the molecule is C=CCOC(=O)[C@@H](c1ccccc1)N1CCCN([C@@H](C(=O)OCC=C)c2ccccc2)CN([C@@H](C(=O)OCC=C)c2ccccc2)C1. The zero-order valence-corrected chi connectivity index (χ0v) is 26.7. The fourth-order valence-corrected chi connectivity index (χ4v) is 5.77. The van der Waals surface area contributed by atoms with Crippen LogP contribution in [0.5, 0.6) is 0 Å². The maximum atomic E-state index is 13.9. The standard InChI is InChI=1S/C38H43N3O6/c1-4-25-45-36(42)33(30-17-10-7-11-18-30)39-23-16-24-40(34(37(43)46-26-5-2)31-19-12-8-13-20-31)29-41(28-39)35(38(44)47-27-6-3)32-21-14-9-15-22-32/h4-15,17-22,33-35H,1-3,16,23-29H2/t33-,34-,35-/m1/s1. The fraction of sp³-hybridized carbons (Fsp3) is 0.289. The Morgan fingerprint density at radius 1 is 0.532 bits per heavy atom. The van der Waals surface area contributed by atoms with Gasteiger partial charge < -0.3 is 14.2 Å². The third-order valence-electron chi connectivity index (χ3n) is 7.76. The number of carbonyl (C=O) groups excluding carboxylic acids is 3. The zero-order valence-electron chi connectivity index (χ0n) is 26.7. The second-order valence-electron chi connectivity index (χ2n) is 11.0. The average molecular weight is 638 g/mol. The molecule has 1 aliphatic heterocycles. The lowest BCUT2D eigenvalue weighted by atomic mass is 10.0. The van der Waals surface area contributed by atoms with Gasteiger partial charge in [-0.1, -0.05) is 129 Å². The minimum atomic E-state index is -0.875. The molecule has 0 aromatic heterocycles. The minimum Gasteiger partial charge on any atom is -0.460 e. The number of hydrogen-bond acceptors (Lipinski definition) is 9. The van der Waals surface area contributed by atoms with Crippen molar-refractivity contribution >= 4 is 17.9 Å². The Kier molecular flexibility index (Phi) is 13.7. The third-order valence-corrected chi connectivity index (χ3v) is 7.76. The normalized spacial score (nSPS) is 16.3. The first-order valence-electron chi connectivity index (χ1n) is 15.7.